The van der Waals surface area contributed by atoms with Gasteiger partial charge in [-0.25, -0.2) is 14.5 Å². The van der Waals surface area contributed by atoms with Gasteiger partial charge in [0.15, 0.2) is 0 Å². The van der Waals surface area contributed by atoms with Gasteiger partial charge in [-0.2, -0.15) is 5.10 Å². The number of urea groups is 1. The van der Waals surface area contributed by atoms with Gasteiger partial charge in [0, 0.05) is 26.2 Å². The largest absolute Gasteiger partial charge is 0.351 e. The second-order valence-electron chi connectivity index (χ2n) is 6.08. The van der Waals surface area contributed by atoms with Crippen molar-refractivity contribution >= 4 is 11.9 Å². The zero-order chi connectivity index (χ0) is 15.5. The third kappa shape index (κ3) is 3.05. The lowest BCUT2D eigenvalue weighted by atomic mass is 9.95. The summed E-state index contributed by atoms with van der Waals surface area (Å²) in [4.78, 5) is 31.5. The van der Waals surface area contributed by atoms with Gasteiger partial charge in [-0.1, -0.05) is 0 Å². The molecule has 1 aromatic heterocycles. The molecule has 0 aromatic carbocycles. The summed E-state index contributed by atoms with van der Waals surface area (Å²) in [5, 5.41) is 4.18. The molecule has 0 radical (unpaired) electrons. The van der Waals surface area contributed by atoms with Crippen LogP contribution in [0, 0.1) is 5.92 Å². The number of hydrogen-bond donors (Lipinski definition) is 1. The molecule has 8 nitrogen and oxygen atoms in total. The lowest BCUT2D eigenvalue weighted by Gasteiger charge is -2.37. The molecule has 3 rings (SSSR count). The summed E-state index contributed by atoms with van der Waals surface area (Å²) in [6, 6.07) is -0.243. The number of rotatable bonds is 2. The van der Waals surface area contributed by atoms with Gasteiger partial charge >= 0.3 is 6.03 Å². The average Bonchev–Trinajstić information content (AvgIpc) is 3.09. The molecule has 1 aromatic rings. The Morgan fingerprint density at radius 1 is 1.09 bits per heavy atom. The molecule has 2 saturated heterocycles. The van der Waals surface area contributed by atoms with E-state index < -0.39 is 6.03 Å². The second kappa shape index (κ2) is 6.33. The van der Waals surface area contributed by atoms with E-state index in [-0.39, 0.29) is 17.9 Å². The van der Waals surface area contributed by atoms with Gasteiger partial charge in [0.25, 0.3) is 0 Å². The monoisotopic (exact) mass is 306 g/mol. The molecule has 0 aliphatic carbocycles. The lowest BCUT2D eigenvalue weighted by Crippen LogP contribution is -2.50. The number of nitrogens with two attached hydrogens (primary N) is 1. The number of aromatic nitrogens is 3. The topological polar surface area (TPSA) is 97.3 Å². The number of carbonyl (C=O) groups excluding carboxylic acids is 2. The molecule has 120 valence electrons. The van der Waals surface area contributed by atoms with Crippen LogP contribution in [0.2, 0.25) is 0 Å². The minimum atomic E-state index is -0.434. The lowest BCUT2D eigenvalue weighted by molar-refractivity contribution is -0.138. The molecule has 2 fully saturated rings. The fourth-order valence-corrected chi connectivity index (χ4v) is 3.41. The highest BCUT2D eigenvalue weighted by molar-refractivity contribution is 5.80. The number of likely N-dealkylation sites (tertiary alicyclic amines) is 2. The first-order valence-electron chi connectivity index (χ1n) is 7.82. The summed E-state index contributed by atoms with van der Waals surface area (Å²) in [6.07, 6.45) is 6.85. The predicted molar refractivity (Wildman–Crippen MR) is 78.8 cm³/mol. The van der Waals surface area contributed by atoms with Gasteiger partial charge in [0.1, 0.15) is 12.7 Å². The van der Waals surface area contributed by atoms with E-state index in [0.29, 0.717) is 19.6 Å². The second-order valence-corrected chi connectivity index (χ2v) is 6.08. The highest BCUT2D eigenvalue weighted by Gasteiger charge is 2.33. The number of carbonyl (C=O) groups is 2. The molecule has 2 atom stereocenters. The summed E-state index contributed by atoms with van der Waals surface area (Å²) in [7, 11) is 0. The number of piperidine rings is 2. The molecule has 0 spiro atoms. The summed E-state index contributed by atoms with van der Waals surface area (Å²) in [5.41, 5.74) is 5.34. The molecule has 8 heteroatoms. The fourth-order valence-electron chi connectivity index (χ4n) is 3.41. The van der Waals surface area contributed by atoms with Crippen molar-refractivity contribution in [3.8, 4) is 0 Å². The number of nitrogens with zero attached hydrogens (tertiary/aromatic N) is 5. The Hall–Kier alpha value is -2.12. The smallest absolute Gasteiger partial charge is 0.314 e. The van der Waals surface area contributed by atoms with Crippen LogP contribution in [-0.2, 0) is 4.79 Å². The van der Waals surface area contributed by atoms with Crippen molar-refractivity contribution in [3.63, 3.8) is 0 Å². The molecule has 3 heterocycles. The molecule has 0 unspecified atom stereocenters. The van der Waals surface area contributed by atoms with Crippen molar-refractivity contribution in [2.75, 3.05) is 26.2 Å². The highest BCUT2D eigenvalue weighted by atomic mass is 16.2. The zero-order valence-corrected chi connectivity index (χ0v) is 12.6. The molecule has 2 aliphatic heterocycles. The molecule has 2 aliphatic rings. The Morgan fingerprint density at radius 2 is 1.86 bits per heavy atom. The molecule has 0 saturated carbocycles. The molecular weight excluding hydrogens is 284 g/mol. The first-order chi connectivity index (χ1) is 10.6. The maximum absolute atomic E-state index is 12.7. The van der Waals surface area contributed by atoms with Gasteiger partial charge in [-0.15, -0.1) is 0 Å². The number of hydrogen-bond acceptors (Lipinski definition) is 4. The van der Waals surface area contributed by atoms with Crippen molar-refractivity contribution in [2.24, 2.45) is 11.7 Å². The first-order valence-corrected chi connectivity index (χ1v) is 7.82. The van der Waals surface area contributed by atoms with Crippen LogP contribution in [-0.4, -0.2) is 62.7 Å². The third-order valence-electron chi connectivity index (χ3n) is 4.60. The summed E-state index contributed by atoms with van der Waals surface area (Å²) in [6.45, 7) is 2.53. The van der Waals surface area contributed by atoms with E-state index in [2.05, 4.69) is 10.1 Å². The fraction of sp³-hybridized carbons (Fsp3) is 0.714. The van der Waals surface area contributed by atoms with Crippen molar-refractivity contribution in [3.05, 3.63) is 12.7 Å². The minimum Gasteiger partial charge on any atom is -0.351 e. The molecular formula is C14H22N6O2. The van der Waals surface area contributed by atoms with Crippen LogP contribution in [0.5, 0.6) is 0 Å². The van der Waals surface area contributed by atoms with E-state index in [1.165, 1.54) is 6.33 Å². The van der Waals surface area contributed by atoms with Crippen LogP contribution < -0.4 is 5.73 Å². The average molecular weight is 306 g/mol. The van der Waals surface area contributed by atoms with E-state index in [0.717, 1.165) is 32.2 Å². The quantitative estimate of drug-likeness (QED) is 0.846. The van der Waals surface area contributed by atoms with Crippen molar-refractivity contribution in [1.29, 1.82) is 0 Å². The van der Waals surface area contributed by atoms with E-state index in [1.807, 2.05) is 9.58 Å². The van der Waals surface area contributed by atoms with Crippen LogP contribution in [0.4, 0.5) is 4.79 Å². The van der Waals surface area contributed by atoms with Gasteiger partial charge in [0.2, 0.25) is 5.91 Å². The van der Waals surface area contributed by atoms with Gasteiger partial charge in [-0.3, -0.25) is 4.79 Å². The van der Waals surface area contributed by atoms with Gasteiger partial charge < -0.3 is 15.5 Å². The van der Waals surface area contributed by atoms with Crippen LogP contribution in [0.3, 0.4) is 0 Å². The molecule has 2 N–H and O–H groups in total. The summed E-state index contributed by atoms with van der Waals surface area (Å²) < 4.78 is 1.83. The van der Waals surface area contributed by atoms with Gasteiger partial charge in [0.05, 0.1) is 12.0 Å². The van der Waals surface area contributed by atoms with E-state index in [9.17, 15) is 9.59 Å². The SMILES string of the molecule is NC(=O)N1CCC[C@H](C(=O)N2CCC[C@H](n3cncn3)C2)C1. The van der Waals surface area contributed by atoms with Crippen molar-refractivity contribution in [2.45, 2.75) is 31.7 Å². The maximum Gasteiger partial charge on any atom is 0.314 e. The Labute approximate surface area is 129 Å². The Morgan fingerprint density at radius 3 is 2.59 bits per heavy atom. The summed E-state index contributed by atoms with van der Waals surface area (Å²) >= 11 is 0. The van der Waals surface area contributed by atoms with Crippen molar-refractivity contribution in [1.82, 2.24) is 24.6 Å². The number of primary amides is 1. The predicted octanol–water partition coefficient (Wildman–Crippen LogP) is 0.232. The van der Waals surface area contributed by atoms with E-state index in [4.69, 9.17) is 5.73 Å². The van der Waals surface area contributed by atoms with E-state index >= 15 is 0 Å². The summed E-state index contributed by atoms with van der Waals surface area (Å²) in [5.74, 6) is 0.00603. The molecule has 3 amide bonds. The highest BCUT2D eigenvalue weighted by Crippen LogP contribution is 2.24. The Bertz CT molecular complexity index is 531. The number of amides is 3. The standard InChI is InChI=1S/C14H22N6O2/c15-14(22)19-6-1-3-11(7-19)13(21)18-5-2-4-12(8-18)20-10-16-9-17-20/h9-12H,1-8H2,(H2,15,22)/t11-,12-/m0/s1. The normalized spacial score (nSPS) is 26.0. The Kier molecular flexibility index (Phi) is 4.26. The third-order valence-corrected chi connectivity index (χ3v) is 4.60. The van der Waals surface area contributed by atoms with Crippen LogP contribution in [0.1, 0.15) is 31.7 Å². The van der Waals surface area contributed by atoms with Crippen LogP contribution in [0.25, 0.3) is 0 Å². The zero-order valence-electron chi connectivity index (χ0n) is 12.6. The van der Waals surface area contributed by atoms with Crippen LogP contribution >= 0.6 is 0 Å². The van der Waals surface area contributed by atoms with E-state index in [1.54, 1.807) is 11.2 Å². The van der Waals surface area contributed by atoms with Gasteiger partial charge in [-0.05, 0) is 25.7 Å². The first kappa shape index (κ1) is 14.8. The Balaban J connectivity index is 1.63. The maximum atomic E-state index is 12.7. The molecule has 22 heavy (non-hydrogen) atoms. The molecule has 0 bridgehead atoms. The minimum absolute atomic E-state index is 0.129. The van der Waals surface area contributed by atoms with Crippen LogP contribution in [0.15, 0.2) is 12.7 Å². The van der Waals surface area contributed by atoms with Crippen molar-refractivity contribution < 1.29 is 9.59 Å².